The number of aryl methyl sites for hydroxylation is 1. The number of aromatic nitrogens is 2. The molecule has 1 aromatic heterocycles. The molecule has 0 aliphatic heterocycles. The van der Waals surface area contributed by atoms with E-state index in [9.17, 15) is 4.79 Å². The van der Waals surface area contributed by atoms with E-state index in [0.717, 1.165) is 24.1 Å². The maximum Gasteiger partial charge on any atom is 0.513 e. The smallest absolute Gasteiger partial charge is 0.434 e. The van der Waals surface area contributed by atoms with E-state index in [4.69, 9.17) is 14.5 Å². The lowest BCUT2D eigenvalue weighted by molar-refractivity contribution is 0.104. The zero-order valence-corrected chi connectivity index (χ0v) is 13.4. The fourth-order valence-electron chi connectivity index (χ4n) is 2.74. The highest BCUT2D eigenvalue weighted by atomic mass is 16.7. The second kappa shape index (κ2) is 6.77. The molecule has 1 aliphatic carbocycles. The van der Waals surface area contributed by atoms with Gasteiger partial charge in [0.05, 0.1) is 6.61 Å². The van der Waals surface area contributed by atoms with E-state index in [2.05, 4.69) is 11.9 Å². The van der Waals surface area contributed by atoms with Crippen molar-refractivity contribution in [3.05, 3.63) is 41.7 Å². The SMILES string of the molecule is CCOC(=O)Oc1ccc(-c2ncc3c(n2)CCC(C)C3)cc1. The zero-order valence-electron chi connectivity index (χ0n) is 13.4. The van der Waals surface area contributed by atoms with Crippen molar-refractivity contribution in [3.8, 4) is 17.1 Å². The molecule has 1 aliphatic rings. The van der Waals surface area contributed by atoms with E-state index in [1.54, 1.807) is 19.1 Å². The second-order valence-corrected chi connectivity index (χ2v) is 5.82. The van der Waals surface area contributed by atoms with Crippen molar-refractivity contribution in [2.45, 2.75) is 33.1 Å². The summed E-state index contributed by atoms with van der Waals surface area (Å²) in [5.41, 5.74) is 3.32. The normalized spacial score (nSPS) is 16.5. The van der Waals surface area contributed by atoms with E-state index in [-0.39, 0.29) is 0 Å². The Labute approximate surface area is 135 Å². The Balaban J connectivity index is 1.76. The van der Waals surface area contributed by atoms with Gasteiger partial charge in [-0.3, -0.25) is 0 Å². The number of fused-ring (bicyclic) bond motifs is 1. The Bertz CT molecular complexity index is 698. The summed E-state index contributed by atoms with van der Waals surface area (Å²) in [6.45, 7) is 4.29. The van der Waals surface area contributed by atoms with Crippen LogP contribution in [0.4, 0.5) is 4.79 Å². The molecule has 0 bridgehead atoms. The quantitative estimate of drug-likeness (QED) is 0.637. The molecule has 1 aromatic carbocycles. The number of hydrogen-bond donors (Lipinski definition) is 0. The predicted molar refractivity (Wildman–Crippen MR) is 86.3 cm³/mol. The van der Waals surface area contributed by atoms with Crippen LogP contribution >= 0.6 is 0 Å². The summed E-state index contributed by atoms with van der Waals surface area (Å²) in [6, 6.07) is 7.14. The van der Waals surface area contributed by atoms with Gasteiger partial charge in [-0.1, -0.05) is 6.92 Å². The molecule has 0 saturated carbocycles. The summed E-state index contributed by atoms with van der Waals surface area (Å²) < 4.78 is 9.79. The van der Waals surface area contributed by atoms with Crippen LogP contribution in [0.5, 0.6) is 5.75 Å². The molecule has 3 rings (SSSR count). The molecular formula is C18H20N2O3. The first-order valence-electron chi connectivity index (χ1n) is 7.95. The van der Waals surface area contributed by atoms with Crippen LogP contribution in [0.2, 0.25) is 0 Å². The van der Waals surface area contributed by atoms with Crippen LogP contribution in [0.3, 0.4) is 0 Å². The summed E-state index contributed by atoms with van der Waals surface area (Å²) in [7, 11) is 0. The van der Waals surface area contributed by atoms with Crippen molar-refractivity contribution in [1.82, 2.24) is 9.97 Å². The van der Waals surface area contributed by atoms with Gasteiger partial charge >= 0.3 is 6.16 Å². The van der Waals surface area contributed by atoms with Gasteiger partial charge in [-0.15, -0.1) is 0 Å². The highest BCUT2D eigenvalue weighted by Gasteiger charge is 2.17. The molecule has 0 N–H and O–H groups in total. The van der Waals surface area contributed by atoms with Crippen LogP contribution in [0.1, 0.15) is 31.5 Å². The minimum atomic E-state index is -0.695. The average molecular weight is 312 g/mol. The molecule has 23 heavy (non-hydrogen) atoms. The molecule has 0 spiro atoms. The molecule has 5 heteroatoms. The Morgan fingerprint density at radius 2 is 2.09 bits per heavy atom. The van der Waals surface area contributed by atoms with E-state index in [0.29, 0.717) is 24.1 Å². The van der Waals surface area contributed by atoms with Crippen molar-refractivity contribution < 1.29 is 14.3 Å². The van der Waals surface area contributed by atoms with Gasteiger partial charge in [0, 0.05) is 17.5 Å². The molecule has 0 saturated heterocycles. The molecule has 120 valence electrons. The highest BCUT2D eigenvalue weighted by molar-refractivity contribution is 5.65. The highest BCUT2D eigenvalue weighted by Crippen LogP contribution is 2.26. The minimum absolute atomic E-state index is 0.290. The fraction of sp³-hybridized carbons (Fsp3) is 0.389. The van der Waals surface area contributed by atoms with Crippen LogP contribution in [0.25, 0.3) is 11.4 Å². The summed E-state index contributed by atoms with van der Waals surface area (Å²) >= 11 is 0. The number of hydrogen-bond acceptors (Lipinski definition) is 5. The minimum Gasteiger partial charge on any atom is -0.434 e. The topological polar surface area (TPSA) is 61.3 Å². The van der Waals surface area contributed by atoms with Crippen LogP contribution < -0.4 is 4.74 Å². The van der Waals surface area contributed by atoms with Gasteiger partial charge in [0.1, 0.15) is 5.75 Å². The molecule has 0 amide bonds. The first-order chi connectivity index (χ1) is 11.2. The predicted octanol–water partition coefficient (Wildman–Crippen LogP) is 3.80. The number of nitrogens with zero attached hydrogens (tertiary/aromatic N) is 2. The van der Waals surface area contributed by atoms with Crippen molar-refractivity contribution in [3.63, 3.8) is 0 Å². The lowest BCUT2D eigenvalue weighted by Gasteiger charge is -2.20. The standard InChI is InChI=1S/C18H20N2O3/c1-3-22-18(21)23-15-7-5-13(6-8-15)17-19-11-14-10-12(2)4-9-16(14)20-17/h5-8,11-12H,3-4,9-10H2,1-2H3. The summed E-state index contributed by atoms with van der Waals surface area (Å²) in [5, 5.41) is 0. The van der Waals surface area contributed by atoms with Crippen LogP contribution in [-0.2, 0) is 17.6 Å². The molecule has 1 heterocycles. The zero-order chi connectivity index (χ0) is 16.2. The maximum absolute atomic E-state index is 11.3. The van der Waals surface area contributed by atoms with Crippen molar-refractivity contribution in [2.75, 3.05) is 6.61 Å². The van der Waals surface area contributed by atoms with Crippen LogP contribution in [-0.4, -0.2) is 22.7 Å². The van der Waals surface area contributed by atoms with E-state index in [1.165, 1.54) is 12.0 Å². The summed E-state index contributed by atoms with van der Waals surface area (Å²) in [4.78, 5) is 20.5. The van der Waals surface area contributed by atoms with Gasteiger partial charge in [0.25, 0.3) is 0 Å². The third-order valence-electron chi connectivity index (χ3n) is 3.97. The van der Waals surface area contributed by atoms with E-state index in [1.807, 2.05) is 18.3 Å². The maximum atomic E-state index is 11.3. The number of benzene rings is 1. The Hall–Kier alpha value is -2.43. The first kappa shape index (κ1) is 15.5. The molecule has 5 nitrogen and oxygen atoms in total. The van der Waals surface area contributed by atoms with Gasteiger partial charge in [-0.25, -0.2) is 14.8 Å². The lowest BCUT2D eigenvalue weighted by atomic mass is 9.89. The Kier molecular flexibility index (Phi) is 4.55. The van der Waals surface area contributed by atoms with Gasteiger partial charge in [0.15, 0.2) is 5.82 Å². The third-order valence-corrected chi connectivity index (χ3v) is 3.97. The third kappa shape index (κ3) is 3.67. The van der Waals surface area contributed by atoms with Gasteiger partial charge in [-0.2, -0.15) is 0 Å². The average Bonchev–Trinajstić information content (AvgIpc) is 2.55. The first-order valence-corrected chi connectivity index (χ1v) is 7.95. The fourth-order valence-corrected chi connectivity index (χ4v) is 2.74. The van der Waals surface area contributed by atoms with Gasteiger partial charge < -0.3 is 9.47 Å². The second-order valence-electron chi connectivity index (χ2n) is 5.82. The number of carbonyl (C=O) groups excluding carboxylic acids is 1. The van der Waals surface area contributed by atoms with Crippen molar-refractivity contribution >= 4 is 6.16 Å². The lowest BCUT2D eigenvalue weighted by Crippen LogP contribution is -2.14. The van der Waals surface area contributed by atoms with Crippen molar-refractivity contribution in [1.29, 1.82) is 0 Å². The Morgan fingerprint density at radius 1 is 1.30 bits per heavy atom. The molecule has 2 aromatic rings. The number of ether oxygens (including phenoxy) is 2. The number of carbonyl (C=O) groups is 1. The van der Waals surface area contributed by atoms with Gasteiger partial charge in [0.2, 0.25) is 0 Å². The van der Waals surface area contributed by atoms with Crippen LogP contribution in [0.15, 0.2) is 30.5 Å². The monoisotopic (exact) mass is 312 g/mol. The largest absolute Gasteiger partial charge is 0.513 e. The summed E-state index contributed by atoms with van der Waals surface area (Å²) in [6.07, 6.45) is 4.49. The van der Waals surface area contributed by atoms with Gasteiger partial charge in [-0.05, 0) is 61.9 Å². The van der Waals surface area contributed by atoms with Crippen LogP contribution in [0, 0.1) is 5.92 Å². The summed E-state index contributed by atoms with van der Waals surface area (Å²) in [5.74, 6) is 1.86. The van der Waals surface area contributed by atoms with E-state index < -0.39 is 6.16 Å². The van der Waals surface area contributed by atoms with E-state index >= 15 is 0 Å². The van der Waals surface area contributed by atoms with Crippen molar-refractivity contribution in [2.24, 2.45) is 5.92 Å². The molecule has 0 fully saturated rings. The molecule has 0 radical (unpaired) electrons. The Morgan fingerprint density at radius 3 is 2.83 bits per heavy atom. The number of rotatable bonds is 3. The molecule has 1 atom stereocenters. The molecule has 1 unspecified atom stereocenters. The molecular weight excluding hydrogens is 292 g/mol.